The predicted molar refractivity (Wildman–Crippen MR) is 91.7 cm³/mol. The minimum absolute atomic E-state index is 0.112. The molecule has 0 saturated heterocycles. The molecule has 1 aromatic carbocycles. The van der Waals surface area contributed by atoms with Crippen LogP contribution in [0.3, 0.4) is 0 Å². The van der Waals surface area contributed by atoms with Gasteiger partial charge in [0.1, 0.15) is 5.76 Å². The minimum Gasteiger partial charge on any atom is -0.493 e. The number of hydrogen-bond donors (Lipinski definition) is 1. The molecule has 0 unspecified atom stereocenters. The van der Waals surface area contributed by atoms with Crippen LogP contribution in [0.1, 0.15) is 38.5 Å². The lowest BCUT2D eigenvalue weighted by Gasteiger charge is -2.12. The van der Waals surface area contributed by atoms with Crippen LogP contribution in [-0.2, 0) is 16.6 Å². The van der Waals surface area contributed by atoms with E-state index in [1.54, 1.807) is 20.3 Å². The molecule has 0 saturated carbocycles. The standard InChI is InChI=1S/C18H24N2O4/c1-18(2,3)15-11-16(20-24-15)19-17(21)9-7-12-6-8-13(22-4)14(10-12)23-5/h6,8,10-11H,7,9H2,1-5H3,(H,19,20,21). The lowest BCUT2D eigenvalue weighted by molar-refractivity contribution is -0.116. The summed E-state index contributed by atoms with van der Waals surface area (Å²) in [5, 5.41) is 6.64. The fraction of sp³-hybridized carbons (Fsp3) is 0.444. The molecule has 1 aromatic heterocycles. The summed E-state index contributed by atoms with van der Waals surface area (Å²) in [4.78, 5) is 12.1. The highest BCUT2D eigenvalue weighted by atomic mass is 16.5. The number of carbonyl (C=O) groups is 1. The first-order chi connectivity index (χ1) is 11.3. The Morgan fingerprint density at radius 3 is 2.46 bits per heavy atom. The van der Waals surface area contributed by atoms with E-state index in [4.69, 9.17) is 14.0 Å². The van der Waals surface area contributed by atoms with Crippen LogP contribution in [-0.4, -0.2) is 25.3 Å². The molecule has 24 heavy (non-hydrogen) atoms. The van der Waals surface area contributed by atoms with E-state index in [2.05, 4.69) is 10.5 Å². The molecular weight excluding hydrogens is 308 g/mol. The first-order valence-corrected chi connectivity index (χ1v) is 7.81. The van der Waals surface area contributed by atoms with Crippen molar-refractivity contribution in [2.75, 3.05) is 19.5 Å². The molecule has 2 rings (SSSR count). The Bertz CT molecular complexity index is 701. The topological polar surface area (TPSA) is 73.6 Å². The van der Waals surface area contributed by atoms with E-state index in [0.717, 1.165) is 11.3 Å². The molecule has 1 N–H and O–H groups in total. The second-order valence-electron chi connectivity index (χ2n) is 6.56. The Balaban J connectivity index is 1.92. The smallest absolute Gasteiger partial charge is 0.225 e. The summed E-state index contributed by atoms with van der Waals surface area (Å²) in [6, 6.07) is 7.38. The van der Waals surface area contributed by atoms with Gasteiger partial charge in [-0.1, -0.05) is 32.0 Å². The Labute approximate surface area is 142 Å². The van der Waals surface area contributed by atoms with Crippen LogP contribution in [0.2, 0.25) is 0 Å². The van der Waals surface area contributed by atoms with Crippen molar-refractivity contribution >= 4 is 11.7 Å². The summed E-state index contributed by atoms with van der Waals surface area (Å²) in [5.41, 5.74) is 0.855. The van der Waals surface area contributed by atoms with Crippen LogP contribution in [0, 0.1) is 0 Å². The highest BCUT2D eigenvalue weighted by Gasteiger charge is 2.20. The van der Waals surface area contributed by atoms with E-state index in [1.807, 2.05) is 39.0 Å². The summed E-state index contributed by atoms with van der Waals surface area (Å²) in [7, 11) is 3.18. The number of hydrogen-bond acceptors (Lipinski definition) is 5. The van der Waals surface area contributed by atoms with Crippen molar-refractivity contribution in [1.29, 1.82) is 0 Å². The van der Waals surface area contributed by atoms with Gasteiger partial charge < -0.3 is 19.3 Å². The van der Waals surface area contributed by atoms with Crippen LogP contribution in [0.15, 0.2) is 28.8 Å². The molecular formula is C18H24N2O4. The van der Waals surface area contributed by atoms with Crippen molar-refractivity contribution in [3.63, 3.8) is 0 Å². The lowest BCUT2D eigenvalue weighted by Crippen LogP contribution is -2.13. The highest BCUT2D eigenvalue weighted by molar-refractivity contribution is 5.89. The van der Waals surface area contributed by atoms with Crippen molar-refractivity contribution in [3.8, 4) is 11.5 Å². The van der Waals surface area contributed by atoms with Gasteiger partial charge >= 0.3 is 0 Å². The number of nitrogens with zero attached hydrogens (tertiary/aromatic N) is 1. The Hall–Kier alpha value is -2.50. The van der Waals surface area contributed by atoms with Crippen molar-refractivity contribution < 1.29 is 18.8 Å². The number of carbonyl (C=O) groups excluding carboxylic acids is 1. The maximum absolute atomic E-state index is 12.1. The third-order valence-electron chi connectivity index (χ3n) is 3.61. The molecule has 1 amide bonds. The fourth-order valence-corrected chi connectivity index (χ4v) is 2.19. The first-order valence-electron chi connectivity index (χ1n) is 7.81. The zero-order valence-corrected chi connectivity index (χ0v) is 14.8. The van der Waals surface area contributed by atoms with Gasteiger partial charge in [-0.2, -0.15) is 0 Å². The third-order valence-corrected chi connectivity index (χ3v) is 3.61. The van der Waals surface area contributed by atoms with Gasteiger partial charge in [0.05, 0.1) is 14.2 Å². The summed E-state index contributed by atoms with van der Waals surface area (Å²) >= 11 is 0. The lowest BCUT2D eigenvalue weighted by atomic mass is 9.93. The van der Waals surface area contributed by atoms with Crippen LogP contribution < -0.4 is 14.8 Å². The van der Waals surface area contributed by atoms with Crippen LogP contribution >= 0.6 is 0 Å². The van der Waals surface area contributed by atoms with E-state index >= 15 is 0 Å². The van der Waals surface area contributed by atoms with E-state index in [9.17, 15) is 4.79 Å². The zero-order chi connectivity index (χ0) is 17.7. The third kappa shape index (κ3) is 4.50. The number of aromatic nitrogens is 1. The zero-order valence-electron chi connectivity index (χ0n) is 14.8. The van der Waals surface area contributed by atoms with Crippen LogP contribution in [0.4, 0.5) is 5.82 Å². The van der Waals surface area contributed by atoms with Crippen molar-refractivity contribution in [3.05, 3.63) is 35.6 Å². The molecule has 0 aliphatic heterocycles. The van der Waals surface area contributed by atoms with Gasteiger partial charge in [0, 0.05) is 17.9 Å². The average Bonchev–Trinajstić information content (AvgIpc) is 3.01. The molecule has 2 aromatic rings. The molecule has 0 aliphatic rings. The summed E-state index contributed by atoms with van der Waals surface area (Å²) in [6.45, 7) is 6.07. The summed E-state index contributed by atoms with van der Waals surface area (Å²) < 4.78 is 15.7. The number of aryl methyl sites for hydroxylation is 1. The van der Waals surface area contributed by atoms with Crippen LogP contribution in [0.25, 0.3) is 0 Å². The highest BCUT2D eigenvalue weighted by Crippen LogP contribution is 2.28. The van der Waals surface area contributed by atoms with Gasteiger partial charge in [-0.25, -0.2) is 0 Å². The quantitative estimate of drug-likeness (QED) is 0.875. The molecule has 130 valence electrons. The average molecular weight is 332 g/mol. The van der Waals surface area contributed by atoms with Crippen molar-refractivity contribution in [2.45, 2.75) is 39.0 Å². The number of rotatable bonds is 6. The van der Waals surface area contributed by atoms with Crippen molar-refractivity contribution in [2.24, 2.45) is 0 Å². The number of amides is 1. The Morgan fingerprint density at radius 1 is 1.17 bits per heavy atom. The molecule has 0 fully saturated rings. The van der Waals surface area contributed by atoms with Gasteiger partial charge in [0.2, 0.25) is 5.91 Å². The first kappa shape index (κ1) is 17.8. The molecule has 0 atom stereocenters. The van der Waals surface area contributed by atoms with Gasteiger partial charge in [0.25, 0.3) is 0 Å². The summed E-state index contributed by atoms with van der Waals surface area (Å²) in [5.74, 6) is 2.39. The van der Waals surface area contributed by atoms with Gasteiger partial charge in [-0.15, -0.1) is 0 Å². The van der Waals surface area contributed by atoms with E-state index in [-0.39, 0.29) is 11.3 Å². The molecule has 0 aliphatic carbocycles. The SMILES string of the molecule is COc1ccc(CCC(=O)Nc2cc(C(C)(C)C)on2)cc1OC. The summed E-state index contributed by atoms with van der Waals surface area (Å²) in [6.07, 6.45) is 0.934. The van der Waals surface area contributed by atoms with Gasteiger partial charge in [0.15, 0.2) is 17.3 Å². The van der Waals surface area contributed by atoms with Gasteiger partial charge in [-0.05, 0) is 24.1 Å². The second-order valence-corrected chi connectivity index (χ2v) is 6.56. The largest absolute Gasteiger partial charge is 0.493 e. The van der Waals surface area contributed by atoms with Gasteiger partial charge in [-0.3, -0.25) is 4.79 Å². The minimum atomic E-state index is -0.143. The Morgan fingerprint density at radius 2 is 1.88 bits per heavy atom. The van der Waals surface area contributed by atoms with Crippen LogP contribution in [0.5, 0.6) is 11.5 Å². The molecule has 6 nitrogen and oxygen atoms in total. The molecule has 0 spiro atoms. The number of methoxy groups -OCH3 is 2. The number of benzene rings is 1. The molecule has 0 radical (unpaired) electrons. The Kier molecular flexibility index (Phi) is 5.49. The number of nitrogens with one attached hydrogen (secondary N) is 1. The maximum atomic E-state index is 12.1. The normalized spacial score (nSPS) is 11.2. The number of ether oxygens (including phenoxy) is 2. The number of anilines is 1. The van der Waals surface area contributed by atoms with Crippen molar-refractivity contribution in [1.82, 2.24) is 5.16 Å². The maximum Gasteiger partial charge on any atom is 0.225 e. The fourth-order valence-electron chi connectivity index (χ4n) is 2.19. The predicted octanol–water partition coefficient (Wildman–Crippen LogP) is 3.56. The molecule has 6 heteroatoms. The molecule has 0 bridgehead atoms. The second kappa shape index (κ2) is 7.38. The van der Waals surface area contributed by atoms with E-state index in [1.165, 1.54) is 0 Å². The van der Waals surface area contributed by atoms with E-state index in [0.29, 0.717) is 30.2 Å². The monoisotopic (exact) mass is 332 g/mol. The van der Waals surface area contributed by atoms with E-state index < -0.39 is 0 Å². The molecule has 1 heterocycles.